The second-order valence-corrected chi connectivity index (χ2v) is 9.00. The summed E-state index contributed by atoms with van der Waals surface area (Å²) >= 11 is 0. The smallest absolute Gasteiger partial charge is 0.333 e. The molecule has 0 bridgehead atoms. The molecule has 0 amide bonds. The molecular formula is C6H3F11O6S2. The standard InChI is InChI=1S/C6H3F11O6S2/c7-1(8)2(9,10)3(11,12)4(13,14)5(15,6(16,17)18)24(19,20)25(21,22)23/h1,18H,(H,21,22,23). The molecule has 152 valence electrons. The fourth-order valence-electron chi connectivity index (χ4n) is 1.19. The van der Waals surface area contributed by atoms with Gasteiger partial charge in [0, 0.05) is 0 Å². The normalized spacial score (nSPS) is 18.3. The Morgan fingerprint density at radius 2 is 1.04 bits per heavy atom. The van der Waals surface area contributed by atoms with E-state index in [0.717, 1.165) is 0 Å². The SMILES string of the molecule is O=S(=O)(O)S(=O)(=O)C(F)(C(O)(F)F)C(F)(F)C(F)(F)C(F)(F)C(F)F. The molecule has 0 aromatic heterocycles. The number of hydrogen-bond donors (Lipinski definition) is 2. The van der Waals surface area contributed by atoms with Crippen LogP contribution in [0, 0.1) is 0 Å². The third-order valence-electron chi connectivity index (χ3n) is 2.50. The lowest BCUT2D eigenvalue weighted by molar-refractivity contribution is -0.393. The van der Waals surface area contributed by atoms with Gasteiger partial charge >= 0.3 is 53.3 Å². The predicted octanol–water partition coefficient (Wildman–Crippen LogP) is 1.63. The zero-order valence-corrected chi connectivity index (χ0v) is 12.2. The van der Waals surface area contributed by atoms with E-state index in [0.29, 0.717) is 0 Å². The summed E-state index contributed by atoms with van der Waals surface area (Å²) in [7, 11) is -15.9. The van der Waals surface area contributed by atoms with Crippen molar-refractivity contribution in [1.82, 2.24) is 0 Å². The maximum Gasteiger partial charge on any atom is 0.409 e. The summed E-state index contributed by atoms with van der Waals surface area (Å²) in [5.74, 6) is -23.6. The Bertz CT molecular complexity index is 723. The number of hydrogen-bond acceptors (Lipinski definition) is 5. The van der Waals surface area contributed by atoms with Crippen molar-refractivity contribution in [3.8, 4) is 0 Å². The molecule has 1 atom stereocenters. The number of halogens is 11. The maximum absolute atomic E-state index is 13.7. The molecule has 0 fully saturated rings. The van der Waals surface area contributed by atoms with E-state index in [-0.39, 0.29) is 0 Å². The molecule has 19 heteroatoms. The lowest BCUT2D eigenvalue weighted by Crippen LogP contribution is -2.73. The second kappa shape index (κ2) is 5.78. The van der Waals surface area contributed by atoms with Gasteiger partial charge in [-0.05, 0) is 0 Å². The van der Waals surface area contributed by atoms with Crippen molar-refractivity contribution in [2.75, 3.05) is 0 Å². The topological polar surface area (TPSA) is 109 Å². The molecule has 25 heavy (non-hydrogen) atoms. The molecule has 0 aliphatic rings. The quantitative estimate of drug-likeness (QED) is 0.351. The molecule has 0 radical (unpaired) electrons. The van der Waals surface area contributed by atoms with Crippen LogP contribution >= 0.6 is 0 Å². The van der Waals surface area contributed by atoms with Gasteiger partial charge in [-0.25, -0.2) is 21.6 Å². The average molecular weight is 444 g/mol. The van der Waals surface area contributed by atoms with Crippen LogP contribution in [0.25, 0.3) is 0 Å². The molecule has 0 heterocycles. The van der Waals surface area contributed by atoms with Gasteiger partial charge < -0.3 is 5.11 Å². The Kier molecular flexibility index (Phi) is 5.56. The summed E-state index contributed by atoms with van der Waals surface area (Å²) in [5, 5.41) is -0.0703. The van der Waals surface area contributed by atoms with Crippen LogP contribution in [0.15, 0.2) is 0 Å². The molecule has 2 N–H and O–H groups in total. The number of aliphatic hydroxyl groups is 1. The first-order chi connectivity index (χ1) is 10.4. The Labute approximate surface area is 129 Å². The summed E-state index contributed by atoms with van der Waals surface area (Å²) in [4.78, 5) is 0. The van der Waals surface area contributed by atoms with Gasteiger partial charge in [-0.3, -0.25) is 4.55 Å². The number of rotatable bonds is 7. The molecule has 0 aliphatic heterocycles. The highest BCUT2D eigenvalue weighted by molar-refractivity contribution is 8.65. The van der Waals surface area contributed by atoms with E-state index in [4.69, 9.17) is 9.66 Å². The van der Waals surface area contributed by atoms with Crippen LogP contribution in [0.5, 0.6) is 0 Å². The van der Waals surface area contributed by atoms with Gasteiger partial charge in [-0.15, -0.1) is 0 Å². The van der Waals surface area contributed by atoms with E-state index in [1.807, 2.05) is 0 Å². The molecule has 0 spiro atoms. The van der Waals surface area contributed by atoms with E-state index in [9.17, 15) is 65.1 Å². The van der Waals surface area contributed by atoms with Gasteiger partial charge in [-0.1, -0.05) is 0 Å². The minimum Gasteiger partial charge on any atom is -0.333 e. The summed E-state index contributed by atoms with van der Waals surface area (Å²) in [6, 6.07) is 0. The van der Waals surface area contributed by atoms with Crippen LogP contribution in [0.1, 0.15) is 0 Å². The van der Waals surface area contributed by atoms with Crippen molar-refractivity contribution < 1.29 is 74.8 Å². The van der Waals surface area contributed by atoms with E-state index in [2.05, 4.69) is 0 Å². The van der Waals surface area contributed by atoms with Crippen LogP contribution in [0.4, 0.5) is 48.3 Å². The van der Waals surface area contributed by atoms with Gasteiger partial charge in [0.25, 0.3) is 0 Å². The Morgan fingerprint density at radius 1 is 0.720 bits per heavy atom. The van der Waals surface area contributed by atoms with Crippen molar-refractivity contribution in [2.45, 2.75) is 35.3 Å². The van der Waals surface area contributed by atoms with E-state index in [1.54, 1.807) is 0 Å². The summed E-state index contributed by atoms with van der Waals surface area (Å²) < 4.78 is 190. The first-order valence-electron chi connectivity index (χ1n) is 4.87. The Morgan fingerprint density at radius 3 is 1.24 bits per heavy atom. The second-order valence-electron chi connectivity index (χ2n) is 4.09. The van der Waals surface area contributed by atoms with Gasteiger partial charge in [-0.2, -0.15) is 43.5 Å². The molecule has 0 aromatic rings. The Hall–Kier alpha value is -0.950. The van der Waals surface area contributed by atoms with Crippen molar-refractivity contribution in [2.24, 2.45) is 0 Å². The molecule has 0 aromatic carbocycles. The van der Waals surface area contributed by atoms with Gasteiger partial charge in [0.05, 0.1) is 0 Å². The molecule has 1 unspecified atom stereocenters. The third kappa shape index (κ3) is 2.93. The highest BCUT2D eigenvalue weighted by Gasteiger charge is 2.92. The van der Waals surface area contributed by atoms with Crippen molar-refractivity contribution in [3.63, 3.8) is 0 Å². The summed E-state index contributed by atoms with van der Waals surface area (Å²) in [6.07, 6.45) is -13.2. The highest BCUT2D eigenvalue weighted by Crippen LogP contribution is 2.59. The van der Waals surface area contributed by atoms with Crippen LogP contribution in [-0.2, 0) is 18.0 Å². The zero-order chi connectivity index (χ0) is 21.1. The third-order valence-corrected chi connectivity index (χ3v) is 6.60. The van der Waals surface area contributed by atoms with Gasteiger partial charge in [0.15, 0.2) is 0 Å². The van der Waals surface area contributed by atoms with Crippen molar-refractivity contribution in [3.05, 3.63) is 0 Å². The first kappa shape index (κ1) is 24.1. The predicted molar refractivity (Wildman–Crippen MR) is 52.3 cm³/mol. The lowest BCUT2D eigenvalue weighted by Gasteiger charge is -2.40. The van der Waals surface area contributed by atoms with Crippen LogP contribution in [0.3, 0.4) is 0 Å². The van der Waals surface area contributed by atoms with Crippen molar-refractivity contribution >= 4 is 18.0 Å². The molecule has 0 saturated carbocycles. The molecule has 0 saturated heterocycles. The Balaban J connectivity index is 7.16. The molecular weight excluding hydrogens is 441 g/mol. The van der Waals surface area contributed by atoms with Gasteiger partial charge in [0.2, 0.25) is 0 Å². The largest absolute Gasteiger partial charge is 0.409 e. The molecule has 0 rings (SSSR count). The summed E-state index contributed by atoms with van der Waals surface area (Å²) in [6.45, 7) is 0. The summed E-state index contributed by atoms with van der Waals surface area (Å²) in [5.41, 5.74) is 0. The fourth-order valence-corrected chi connectivity index (χ4v) is 3.71. The van der Waals surface area contributed by atoms with Crippen molar-refractivity contribution in [1.29, 1.82) is 0 Å². The minimum atomic E-state index is -8.37. The molecule has 0 aliphatic carbocycles. The van der Waals surface area contributed by atoms with Crippen LogP contribution < -0.4 is 0 Å². The number of alkyl halides is 11. The van der Waals surface area contributed by atoms with Crippen LogP contribution in [-0.4, -0.2) is 61.8 Å². The zero-order valence-electron chi connectivity index (χ0n) is 10.6. The van der Waals surface area contributed by atoms with E-state index < -0.39 is 53.3 Å². The average Bonchev–Trinajstić information content (AvgIpc) is 2.33. The monoisotopic (exact) mass is 444 g/mol. The molecule has 6 nitrogen and oxygen atoms in total. The fraction of sp³-hybridized carbons (Fsp3) is 1.00. The van der Waals surface area contributed by atoms with E-state index >= 15 is 0 Å². The van der Waals surface area contributed by atoms with Crippen LogP contribution in [0.2, 0.25) is 0 Å². The maximum atomic E-state index is 13.7. The lowest BCUT2D eigenvalue weighted by atomic mass is 9.99. The van der Waals surface area contributed by atoms with E-state index in [1.165, 1.54) is 0 Å². The van der Waals surface area contributed by atoms with Gasteiger partial charge in [0.1, 0.15) is 0 Å². The minimum absolute atomic E-state index is 5.82. The highest BCUT2D eigenvalue weighted by atomic mass is 33.2. The first-order valence-corrected chi connectivity index (χ1v) is 8.31.